The van der Waals surface area contributed by atoms with Gasteiger partial charge in [0.05, 0.1) is 0 Å². The van der Waals surface area contributed by atoms with Crippen LogP contribution in [0.15, 0.2) is 24.3 Å². The third-order valence-electron chi connectivity index (χ3n) is 3.07. The van der Waals surface area contributed by atoms with Crippen molar-refractivity contribution < 1.29 is 9.59 Å². The average Bonchev–Trinajstić information content (AvgIpc) is 2.46. The molecule has 0 bridgehead atoms. The number of hydrogen-bond donors (Lipinski definition) is 2. The van der Waals surface area contributed by atoms with Gasteiger partial charge in [0.1, 0.15) is 5.38 Å². The van der Waals surface area contributed by atoms with Crippen molar-refractivity contribution in [1.29, 1.82) is 0 Å². The van der Waals surface area contributed by atoms with Gasteiger partial charge in [-0.3, -0.25) is 9.59 Å². The minimum absolute atomic E-state index is 0.126. The molecule has 4 nitrogen and oxygen atoms in total. The Bertz CT molecular complexity index is 458. The predicted octanol–water partition coefficient (Wildman–Crippen LogP) is 3.10. The highest BCUT2D eigenvalue weighted by atomic mass is 35.5. The summed E-state index contributed by atoms with van der Waals surface area (Å²) < 4.78 is 0. The number of nitrogens with one attached hydrogen (secondary N) is 2. The van der Waals surface area contributed by atoms with E-state index in [0.717, 1.165) is 12.1 Å². The molecule has 0 heterocycles. The third-order valence-corrected chi connectivity index (χ3v) is 3.27. The molecule has 2 amide bonds. The Hall–Kier alpha value is -1.55. The number of anilines is 1. The summed E-state index contributed by atoms with van der Waals surface area (Å²) in [6.45, 7) is 4.05. The molecule has 0 aliphatic rings. The lowest BCUT2D eigenvalue weighted by atomic mass is 10.1. The van der Waals surface area contributed by atoms with Gasteiger partial charge in [0, 0.05) is 18.7 Å². The number of rotatable bonds is 8. The summed E-state index contributed by atoms with van der Waals surface area (Å²) in [5, 5.41) is 4.82. The fourth-order valence-electron chi connectivity index (χ4n) is 1.80. The maximum Gasteiger partial charge on any atom is 0.237 e. The van der Waals surface area contributed by atoms with Crippen molar-refractivity contribution in [3.8, 4) is 0 Å². The molecule has 1 aromatic rings. The van der Waals surface area contributed by atoms with E-state index in [-0.39, 0.29) is 24.8 Å². The first-order valence-electron chi connectivity index (χ1n) is 7.33. The molecule has 21 heavy (non-hydrogen) atoms. The first-order chi connectivity index (χ1) is 10.0. The van der Waals surface area contributed by atoms with E-state index in [1.807, 2.05) is 24.3 Å². The van der Waals surface area contributed by atoms with Crippen molar-refractivity contribution >= 4 is 29.1 Å². The van der Waals surface area contributed by atoms with Crippen molar-refractivity contribution in [3.63, 3.8) is 0 Å². The highest BCUT2D eigenvalue weighted by Gasteiger charge is 2.09. The summed E-state index contributed by atoms with van der Waals surface area (Å²) in [4.78, 5) is 23.0. The van der Waals surface area contributed by atoms with Gasteiger partial charge in [-0.2, -0.15) is 0 Å². The van der Waals surface area contributed by atoms with Crippen LogP contribution in [0.2, 0.25) is 0 Å². The van der Waals surface area contributed by atoms with Gasteiger partial charge in [0.25, 0.3) is 0 Å². The molecule has 0 fully saturated rings. The van der Waals surface area contributed by atoms with E-state index in [1.54, 1.807) is 6.92 Å². The van der Waals surface area contributed by atoms with Crippen molar-refractivity contribution in [3.05, 3.63) is 29.8 Å². The Kier molecular flexibility index (Phi) is 7.83. The van der Waals surface area contributed by atoms with Crippen molar-refractivity contribution in [2.24, 2.45) is 0 Å². The number of aryl methyl sites for hydroxylation is 1. The lowest BCUT2D eigenvalue weighted by Crippen LogP contribution is -2.32. The summed E-state index contributed by atoms with van der Waals surface area (Å²) in [6, 6.07) is 7.87. The monoisotopic (exact) mass is 310 g/mol. The Morgan fingerprint density at radius 1 is 1.24 bits per heavy atom. The van der Waals surface area contributed by atoms with Gasteiger partial charge < -0.3 is 10.6 Å². The molecule has 1 rings (SSSR count). The largest absolute Gasteiger partial charge is 0.354 e. The minimum Gasteiger partial charge on any atom is -0.354 e. The molecule has 0 radical (unpaired) electrons. The standard InChI is InChI=1S/C16H23ClN2O2/c1-3-4-5-13-6-8-14(9-7-13)19-15(20)10-11-18-16(21)12(2)17/h6-9,12H,3-5,10-11H2,1-2H3,(H,18,21)(H,19,20). The minimum atomic E-state index is -0.580. The molecule has 0 aromatic heterocycles. The molecule has 5 heteroatoms. The van der Waals surface area contributed by atoms with Gasteiger partial charge in [-0.05, 0) is 37.5 Å². The fraction of sp³-hybridized carbons (Fsp3) is 0.500. The van der Waals surface area contributed by atoms with Crippen molar-refractivity contribution in [1.82, 2.24) is 5.32 Å². The molecule has 1 aromatic carbocycles. The molecule has 1 atom stereocenters. The Morgan fingerprint density at radius 2 is 1.90 bits per heavy atom. The number of alkyl halides is 1. The van der Waals surface area contributed by atoms with Crippen molar-refractivity contribution in [2.75, 3.05) is 11.9 Å². The van der Waals surface area contributed by atoms with Gasteiger partial charge >= 0.3 is 0 Å². The Balaban J connectivity index is 2.32. The van der Waals surface area contributed by atoms with Crippen LogP contribution in [0.25, 0.3) is 0 Å². The van der Waals surface area contributed by atoms with Gasteiger partial charge in [-0.15, -0.1) is 11.6 Å². The van der Waals surface area contributed by atoms with Crippen LogP contribution in [-0.2, 0) is 16.0 Å². The summed E-state index contributed by atoms with van der Waals surface area (Å²) in [7, 11) is 0. The normalized spacial score (nSPS) is 11.8. The van der Waals surface area contributed by atoms with Crippen LogP contribution in [-0.4, -0.2) is 23.7 Å². The van der Waals surface area contributed by atoms with E-state index in [0.29, 0.717) is 0 Å². The lowest BCUT2D eigenvalue weighted by Gasteiger charge is -2.08. The quantitative estimate of drug-likeness (QED) is 0.725. The second kappa shape index (κ2) is 9.40. The van der Waals surface area contributed by atoms with Gasteiger partial charge in [0.2, 0.25) is 11.8 Å². The maximum atomic E-state index is 11.7. The van der Waals surface area contributed by atoms with E-state index < -0.39 is 5.38 Å². The summed E-state index contributed by atoms with van der Waals surface area (Å²) in [5.41, 5.74) is 2.05. The zero-order valence-corrected chi connectivity index (χ0v) is 13.4. The predicted molar refractivity (Wildman–Crippen MR) is 86.6 cm³/mol. The molecule has 0 saturated carbocycles. The van der Waals surface area contributed by atoms with E-state index >= 15 is 0 Å². The van der Waals surface area contributed by atoms with Gasteiger partial charge in [-0.1, -0.05) is 25.5 Å². The molecule has 2 N–H and O–H groups in total. The first kappa shape index (κ1) is 17.5. The van der Waals surface area contributed by atoms with Crippen LogP contribution in [0.1, 0.15) is 38.7 Å². The average molecular weight is 311 g/mol. The van der Waals surface area contributed by atoms with E-state index in [9.17, 15) is 9.59 Å². The number of carbonyl (C=O) groups excluding carboxylic acids is 2. The molecule has 0 aliphatic carbocycles. The zero-order chi connectivity index (χ0) is 15.7. The number of hydrogen-bond acceptors (Lipinski definition) is 2. The second-order valence-corrected chi connectivity index (χ2v) is 5.66. The maximum absolute atomic E-state index is 11.7. The number of amides is 2. The molecule has 0 saturated heterocycles. The van der Waals surface area contributed by atoms with E-state index in [2.05, 4.69) is 17.6 Å². The van der Waals surface area contributed by atoms with Gasteiger partial charge in [-0.25, -0.2) is 0 Å². The van der Waals surface area contributed by atoms with Crippen molar-refractivity contribution in [2.45, 2.75) is 44.9 Å². The van der Waals surface area contributed by atoms with Crippen LogP contribution >= 0.6 is 11.6 Å². The number of benzene rings is 1. The van der Waals surface area contributed by atoms with Crippen LogP contribution in [0.4, 0.5) is 5.69 Å². The number of carbonyl (C=O) groups is 2. The van der Waals surface area contributed by atoms with Crippen LogP contribution < -0.4 is 10.6 Å². The molecule has 116 valence electrons. The SMILES string of the molecule is CCCCc1ccc(NC(=O)CCNC(=O)C(C)Cl)cc1. The topological polar surface area (TPSA) is 58.2 Å². The highest BCUT2D eigenvalue weighted by molar-refractivity contribution is 6.30. The van der Waals surface area contributed by atoms with Crippen LogP contribution in [0.3, 0.4) is 0 Å². The summed E-state index contributed by atoms with van der Waals surface area (Å²) in [6.07, 6.45) is 3.63. The fourth-order valence-corrected chi connectivity index (χ4v) is 1.88. The molecule has 1 unspecified atom stereocenters. The molecule has 0 aliphatic heterocycles. The van der Waals surface area contributed by atoms with E-state index in [4.69, 9.17) is 11.6 Å². The Morgan fingerprint density at radius 3 is 2.48 bits per heavy atom. The smallest absolute Gasteiger partial charge is 0.237 e. The second-order valence-electron chi connectivity index (χ2n) is 5.01. The van der Waals surface area contributed by atoms with Crippen LogP contribution in [0.5, 0.6) is 0 Å². The highest BCUT2D eigenvalue weighted by Crippen LogP contribution is 2.12. The number of unbranched alkanes of at least 4 members (excludes halogenated alkanes) is 1. The molecule has 0 spiro atoms. The summed E-state index contributed by atoms with van der Waals surface area (Å²) in [5.74, 6) is -0.386. The third kappa shape index (κ3) is 7.14. The van der Waals surface area contributed by atoms with Crippen LogP contribution in [0, 0.1) is 0 Å². The first-order valence-corrected chi connectivity index (χ1v) is 7.77. The van der Waals surface area contributed by atoms with Gasteiger partial charge in [0.15, 0.2) is 0 Å². The molecular formula is C16H23ClN2O2. The summed E-state index contributed by atoms with van der Waals surface area (Å²) >= 11 is 5.61. The zero-order valence-electron chi connectivity index (χ0n) is 12.6. The Labute approximate surface area is 131 Å². The number of halogens is 1. The van der Waals surface area contributed by atoms with E-state index in [1.165, 1.54) is 18.4 Å². The molecular weight excluding hydrogens is 288 g/mol. The lowest BCUT2D eigenvalue weighted by molar-refractivity contribution is -0.120.